The van der Waals surface area contributed by atoms with Crippen LogP contribution in [0.4, 0.5) is 0 Å². The molecule has 8 nitrogen and oxygen atoms in total. The van der Waals surface area contributed by atoms with Crippen LogP contribution in [0.25, 0.3) is 0 Å². The molecule has 0 fully saturated rings. The Hall–Kier alpha value is -1.02. The minimum absolute atomic E-state index is 0.0574. The molecule has 1 amide bonds. The molecule has 0 saturated heterocycles. The van der Waals surface area contributed by atoms with E-state index < -0.39 is 20.0 Å². The number of hydrogen-bond acceptors (Lipinski definition) is 5. The van der Waals surface area contributed by atoms with E-state index in [1.165, 1.54) is 89.9 Å². The summed E-state index contributed by atoms with van der Waals surface area (Å²) < 4.78 is 23.3. The maximum absolute atomic E-state index is 12.7. The number of aliphatic hydroxyl groups excluding tert-OH is 1. The lowest BCUT2D eigenvalue weighted by atomic mass is 10.0. The fraction of sp³-hybridized carbons (Fsp3) is 0.861. The molecule has 0 radical (unpaired) electrons. The van der Waals surface area contributed by atoms with Crippen molar-refractivity contribution in [2.24, 2.45) is 0 Å². The van der Waals surface area contributed by atoms with E-state index in [1.807, 2.05) is 27.2 Å². The van der Waals surface area contributed by atoms with Crippen molar-refractivity contribution in [2.75, 3.05) is 40.9 Å². The monoisotopic (exact) mass is 660 g/mol. The first kappa shape index (κ1) is 44.0. The minimum Gasteiger partial charge on any atom is -0.387 e. The van der Waals surface area contributed by atoms with Gasteiger partial charge < -0.3 is 19.8 Å². The summed E-state index contributed by atoms with van der Waals surface area (Å²) in [5, 5.41) is 13.6. The summed E-state index contributed by atoms with van der Waals surface area (Å²) in [6, 6.07) is -0.854. The number of unbranched alkanes of at least 4 members (excludes halogenated alkanes) is 17. The van der Waals surface area contributed by atoms with Crippen LogP contribution in [0.2, 0.25) is 0 Å². The number of aliphatic hydroxyl groups is 1. The second-order valence-corrected chi connectivity index (χ2v) is 15.0. The summed E-state index contributed by atoms with van der Waals surface area (Å²) in [7, 11) is 1.55. The molecule has 0 heterocycles. The molecule has 0 saturated carbocycles. The van der Waals surface area contributed by atoms with E-state index in [2.05, 4.69) is 31.3 Å². The van der Waals surface area contributed by atoms with Gasteiger partial charge in [-0.3, -0.25) is 13.8 Å². The van der Waals surface area contributed by atoms with Crippen molar-refractivity contribution in [3.05, 3.63) is 24.3 Å². The third kappa shape index (κ3) is 31.4. The molecule has 9 heteroatoms. The normalized spacial score (nSPS) is 15.1. The third-order valence-electron chi connectivity index (χ3n) is 7.92. The second kappa shape index (κ2) is 29.1. The number of rotatable bonds is 32. The van der Waals surface area contributed by atoms with Crippen molar-refractivity contribution in [1.29, 1.82) is 0 Å². The number of hydrogen-bond donors (Lipinski definition) is 3. The van der Waals surface area contributed by atoms with Crippen LogP contribution in [0, 0.1) is 0 Å². The zero-order chi connectivity index (χ0) is 33.7. The van der Waals surface area contributed by atoms with Crippen molar-refractivity contribution in [2.45, 2.75) is 161 Å². The molecule has 0 bridgehead atoms. The number of carbonyl (C=O) groups is 1. The first-order chi connectivity index (χ1) is 21.5. The largest absolute Gasteiger partial charge is 0.472 e. The lowest BCUT2D eigenvalue weighted by molar-refractivity contribution is -0.870. The number of likely N-dealkylation sites (N-methyl/N-ethyl adjacent to an activating group) is 1. The standard InChI is InChI=1S/C36H71N2O6P/c1-6-8-10-12-14-16-17-18-19-20-22-24-26-28-30-36(40)37-34(33-44-45(41,42)43-32-31-38(3,4)5)35(39)29-27-25-23-21-15-13-11-9-7-2/h15,21,27,29,34-35,39H,6-14,16-20,22-26,28,30-33H2,1-5H3,(H-,37,40,41,42)/p+1/b21-15+,29-27+. The summed E-state index contributed by atoms with van der Waals surface area (Å²) in [5.41, 5.74) is 0. The van der Waals surface area contributed by atoms with Crippen LogP contribution in [0.5, 0.6) is 0 Å². The van der Waals surface area contributed by atoms with E-state index in [-0.39, 0.29) is 19.1 Å². The summed E-state index contributed by atoms with van der Waals surface area (Å²) in [6.07, 6.45) is 31.0. The molecular weight excluding hydrogens is 587 g/mol. The predicted octanol–water partition coefficient (Wildman–Crippen LogP) is 9.02. The fourth-order valence-corrected chi connectivity index (χ4v) is 5.67. The molecular formula is C36H72N2O6P+. The highest BCUT2D eigenvalue weighted by Gasteiger charge is 2.27. The van der Waals surface area contributed by atoms with Gasteiger partial charge in [-0.2, -0.15) is 0 Å². The maximum atomic E-state index is 12.7. The quantitative estimate of drug-likeness (QED) is 0.0288. The Bertz CT molecular complexity index is 799. The first-order valence-corrected chi connectivity index (χ1v) is 19.7. The molecule has 3 atom stereocenters. The number of phosphoric acid groups is 1. The van der Waals surface area contributed by atoms with E-state index in [0.29, 0.717) is 17.4 Å². The van der Waals surface area contributed by atoms with Crippen molar-refractivity contribution in [3.63, 3.8) is 0 Å². The average Bonchev–Trinajstić information content (AvgIpc) is 2.97. The molecule has 0 aliphatic heterocycles. The Balaban J connectivity index is 4.53. The molecule has 45 heavy (non-hydrogen) atoms. The highest BCUT2D eigenvalue weighted by molar-refractivity contribution is 7.47. The van der Waals surface area contributed by atoms with Gasteiger partial charge in [0, 0.05) is 6.42 Å². The third-order valence-corrected chi connectivity index (χ3v) is 8.91. The van der Waals surface area contributed by atoms with Gasteiger partial charge in [-0.25, -0.2) is 4.57 Å². The van der Waals surface area contributed by atoms with Crippen LogP contribution >= 0.6 is 7.82 Å². The lowest BCUT2D eigenvalue weighted by Gasteiger charge is -2.25. The van der Waals surface area contributed by atoms with Crippen LogP contribution in [-0.2, 0) is 18.4 Å². The van der Waals surface area contributed by atoms with Crippen molar-refractivity contribution < 1.29 is 32.9 Å². The Labute approximate surface area is 277 Å². The maximum Gasteiger partial charge on any atom is 0.472 e. The van der Waals surface area contributed by atoms with E-state index in [9.17, 15) is 19.4 Å². The Morgan fingerprint density at radius 2 is 1.22 bits per heavy atom. The van der Waals surface area contributed by atoms with Gasteiger partial charge >= 0.3 is 7.82 Å². The molecule has 0 aromatic carbocycles. The lowest BCUT2D eigenvalue weighted by Crippen LogP contribution is -2.45. The van der Waals surface area contributed by atoms with Gasteiger partial charge in [-0.1, -0.05) is 134 Å². The Kier molecular flexibility index (Phi) is 28.5. The van der Waals surface area contributed by atoms with Gasteiger partial charge in [0.25, 0.3) is 0 Å². The summed E-state index contributed by atoms with van der Waals surface area (Å²) in [4.78, 5) is 22.9. The van der Waals surface area contributed by atoms with Crippen molar-refractivity contribution in [3.8, 4) is 0 Å². The SMILES string of the molecule is CCCCC/C=C/CC/C=C/C(O)C(COP(=O)(O)OCC[N+](C)(C)C)NC(=O)CCCCCCCCCCCCCCCC. The highest BCUT2D eigenvalue weighted by Crippen LogP contribution is 2.43. The second-order valence-electron chi connectivity index (χ2n) is 13.6. The Morgan fingerprint density at radius 3 is 1.78 bits per heavy atom. The zero-order valence-electron chi connectivity index (χ0n) is 29.9. The number of nitrogens with one attached hydrogen (secondary N) is 1. The number of amides is 1. The van der Waals surface area contributed by atoms with E-state index in [1.54, 1.807) is 6.08 Å². The number of phosphoric ester groups is 1. The number of quaternary nitrogens is 1. The van der Waals surface area contributed by atoms with Crippen LogP contribution in [0.1, 0.15) is 149 Å². The molecule has 0 aliphatic carbocycles. The molecule has 3 N–H and O–H groups in total. The van der Waals surface area contributed by atoms with Crippen molar-refractivity contribution >= 4 is 13.7 Å². The minimum atomic E-state index is -4.33. The van der Waals surface area contributed by atoms with Gasteiger partial charge in [0.2, 0.25) is 5.91 Å². The number of nitrogens with zero attached hydrogens (tertiary/aromatic N) is 1. The van der Waals surface area contributed by atoms with Crippen LogP contribution in [0.15, 0.2) is 24.3 Å². The molecule has 0 rings (SSSR count). The van der Waals surface area contributed by atoms with E-state index >= 15 is 0 Å². The van der Waals surface area contributed by atoms with E-state index in [0.717, 1.165) is 38.5 Å². The van der Waals surface area contributed by atoms with Gasteiger partial charge in [-0.15, -0.1) is 0 Å². The van der Waals surface area contributed by atoms with Gasteiger partial charge in [0.1, 0.15) is 13.2 Å². The molecule has 266 valence electrons. The summed E-state index contributed by atoms with van der Waals surface area (Å²) >= 11 is 0. The molecule has 0 aromatic heterocycles. The first-order valence-electron chi connectivity index (χ1n) is 18.2. The molecule has 0 aliphatic rings. The average molecular weight is 660 g/mol. The van der Waals surface area contributed by atoms with Crippen LogP contribution < -0.4 is 5.32 Å². The van der Waals surface area contributed by atoms with Crippen LogP contribution in [-0.4, -0.2) is 73.4 Å². The molecule has 0 aromatic rings. The van der Waals surface area contributed by atoms with Crippen LogP contribution in [0.3, 0.4) is 0 Å². The fourth-order valence-electron chi connectivity index (χ4n) is 4.94. The molecule has 0 spiro atoms. The zero-order valence-corrected chi connectivity index (χ0v) is 30.8. The molecule has 3 unspecified atom stereocenters. The predicted molar refractivity (Wildman–Crippen MR) is 189 cm³/mol. The van der Waals surface area contributed by atoms with Gasteiger partial charge in [0.05, 0.1) is 39.9 Å². The number of carbonyl (C=O) groups excluding carboxylic acids is 1. The topological polar surface area (TPSA) is 105 Å². The smallest absolute Gasteiger partial charge is 0.387 e. The number of allylic oxidation sites excluding steroid dienone is 3. The highest BCUT2D eigenvalue weighted by atomic mass is 31.2. The summed E-state index contributed by atoms with van der Waals surface area (Å²) in [6.45, 7) is 4.72. The Morgan fingerprint density at radius 1 is 0.733 bits per heavy atom. The summed E-state index contributed by atoms with van der Waals surface area (Å²) in [5.74, 6) is -0.191. The van der Waals surface area contributed by atoms with Gasteiger partial charge in [0.15, 0.2) is 0 Å². The van der Waals surface area contributed by atoms with Crippen molar-refractivity contribution in [1.82, 2.24) is 5.32 Å². The van der Waals surface area contributed by atoms with Gasteiger partial charge in [-0.05, 0) is 32.1 Å². The van der Waals surface area contributed by atoms with E-state index in [4.69, 9.17) is 9.05 Å².